The highest BCUT2D eigenvalue weighted by molar-refractivity contribution is 6.35. The number of amides is 1. The molecule has 2 rings (SSSR count). The zero-order valence-electron chi connectivity index (χ0n) is 11.7. The minimum atomic E-state index is -0.770. The van der Waals surface area contributed by atoms with Crippen LogP contribution in [0.15, 0.2) is 36.4 Å². The maximum Gasteiger partial charge on any atom is 0.250 e. The Kier molecular flexibility index (Phi) is 5.35. The van der Waals surface area contributed by atoms with Gasteiger partial charge in [0.1, 0.15) is 5.75 Å². The van der Waals surface area contributed by atoms with E-state index in [1.165, 1.54) is 6.07 Å². The van der Waals surface area contributed by atoms with Gasteiger partial charge in [-0.2, -0.15) is 0 Å². The van der Waals surface area contributed by atoms with Gasteiger partial charge in [0.05, 0.1) is 10.6 Å². The van der Waals surface area contributed by atoms with Crippen molar-refractivity contribution < 1.29 is 19.0 Å². The van der Waals surface area contributed by atoms with Gasteiger partial charge in [0.2, 0.25) is 5.91 Å². The van der Waals surface area contributed by atoms with E-state index in [1.807, 2.05) is 0 Å². The molecule has 6 heteroatoms. The highest BCUT2D eigenvalue weighted by atomic mass is 35.5. The monoisotopic (exact) mass is 323 g/mol. The second-order valence-corrected chi connectivity index (χ2v) is 5.02. The standard InChI is InChI=1S/C16H15ClFNO3/c17-13-12(16(19)21)9-10(5-4-8-20)14(18)15(13)22-11-6-2-1-3-7-11/h1-3,6-7,9,20H,4-5,8H2,(H2,19,21). The predicted molar refractivity (Wildman–Crippen MR) is 81.9 cm³/mol. The number of aliphatic hydroxyl groups excluding tert-OH is 1. The summed E-state index contributed by atoms with van der Waals surface area (Å²) in [6, 6.07) is 9.82. The van der Waals surface area contributed by atoms with Crippen molar-refractivity contribution in [2.75, 3.05) is 6.61 Å². The van der Waals surface area contributed by atoms with Crippen molar-refractivity contribution in [1.29, 1.82) is 0 Å². The second-order valence-electron chi connectivity index (χ2n) is 4.65. The highest BCUT2D eigenvalue weighted by Gasteiger charge is 2.21. The number of halogens is 2. The maximum atomic E-state index is 14.5. The third kappa shape index (κ3) is 3.55. The van der Waals surface area contributed by atoms with Crippen LogP contribution >= 0.6 is 11.6 Å². The van der Waals surface area contributed by atoms with E-state index in [0.29, 0.717) is 12.2 Å². The lowest BCUT2D eigenvalue weighted by molar-refractivity contribution is 0.1000. The van der Waals surface area contributed by atoms with Crippen LogP contribution in [0.1, 0.15) is 22.3 Å². The van der Waals surface area contributed by atoms with E-state index in [-0.39, 0.29) is 34.9 Å². The Morgan fingerprint density at radius 2 is 2.00 bits per heavy atom. The topological polar surface area (TPSA) is 72.6 Å². The SMILES string of the molecule is NC(=O)c1cc(CCCO)c(F)c(Oc2ccccc2)c1Cl. The predicted octanol–water partition coefficient (Wildman–Crippen LogP) is 3.30. The smallest absolute Gasteiger partial charge is 0.250 e. The lowest BCUT2D eigenvalue weighted by atomic mass is 10.0. The molecule has 0 unspecified atom stereocenters. The fourth-order valence-corrected chi connectivity index (χ4v) is 2.26. The number of carbonyl (C=O) groups excluding carboxylic acids is 1. The number of hydrogen-bond acceptors (Lipinski definition) is 3. The molecule has 0 spiro atoms. The van der Waals surface area contributed by atoms with Gasteiger partial charge in [0, 0.05) is 6.61 Å². The summed E-state index contributed by atoms with van der Waals surface area (Å²) >= 11 is 6.05. The summed E-state index contributed by atoms with van der Waals surface area (Å²) in [6.45, 7) is -0.0944. The third-order valence-corrected chi connectivity index (χ3v) is 3.44. The molecule has 2 aromatic rings. The summed E-state index contributed by atoms with van der Waals surface area (Å²) in [5.41, 5.74) is 5.48. The third-order valence-electron chi connectivity index (χ3n) is 3.07. The van der Waals surface area contributed by atoms with Gasteiger partial charge >= 0.3 is 0 Å². The van der Waals surface area contributed by atoms with E-state index in [1.54, 1.807) is 30.3 Å². The molecule has 0 aromatic heterocycles. The molecule has 3 N–H and O–H groups in total. The minimum Gasteiger partial charge on any atom is -0.453 e. The molecule has 116 valence electrons. The molecule has 0 saturated heterocycles. The highest BCUT2D eigenvalue weighted by Crippen LogP contribution is 2.37. The molecule has 0 saturated carbocycles. The summed E-state index contributed by atoms with van der Waals surface area (Å²) < 4.78 is 20.0. The number of aryl methyl sites for hydroxylation is 1. The Labute approximate surface area is 132 Å². The molecule has 0 bridgehead atoms. The number of benzene rings is 2. The molecule has 0 aliphatic heterocycles. The molecule has 0 fully saturated rings. The van der Waals surface area contributed by atoms with Crippen molar-refractivity contribution in [3.05, 3.63) is 58.4 Å². The molecule has 22 heavy (non-hydrogen) atoms. The molecule has 2 aromatic carbocycles. The van der Waals surface area contributed by atoms with Gasteiger partial charge in [-0.25, -0.2) is 4.39 Å². The molecule has 0 atom stereocenters. The average Bonchev–Trinajstić information content (AvgIpc) is 2.51. The summed E-state index contributed by atoms with van der Waals surface area (Å²) in [5.74, 6) is -1.28. The number of primary amides is 1. The summed E-state index contributed by atoms with van der Waals surface area (Å²) in [6.07, 6.45) is 0.590. The van der Waals surface area contributed by atoms with Gasteiger partial charge in [0.15, 0.2) is 11.6 Å². The lowest BCUT2D eigenvalue weighted by Crippen LogP contribution is -2.13. The van der Waals surface area contributed by atoms with Crippen molar-refractivity contribution in [3.63, 3.8) is 0 Å². The Bertz CT molecular complexity index is 677. The van der Waals surface area contributed by atoms with Crippen LogP contribution in [0.25, 0.3) is 0 Å². The molecule has 4 nitrogen and oxygen atoms in total. The van der Waals surface area contributed by atoms with Crippen LogP contribution < -0.4 is 10.5 Å². The molecular weight excluding hydrogens is 309 g/mol. The first-order valence-electron chi connectivity index (χ1n) is 6.69. The Hall–Kier alpha value is -2.11. The molecule has 0 aliphatic rings. The van der Waals surface area contributed by atoms with Crippen LogP contribution in [0.5, 0.6) is 11.5 Å². The van der Waals surface area contributed by atoms with Crippen molar-refractivity contribution in [3.8, 4) is 11.5 Å². The molecule has 1 amide bonds. The number of hydrogen-bond donors (Lipinski definition) is 2. The zero-order chi connectivity index (χ0) is 16.1. The van der Waals surface area contributed by atoms with Gasteiger partial charge < -0.3 is 15.6 Å². The largest absolute Gasteiger partial charge is 0.453 e. The minimum absolute atomic E-state index is 0.0121. The van der Waals surface area contributed by atoms with Crippen LogP contribution in [0, 0.1) is 5.82 Å². The summed E-state index contributed by atoms with van der Waals surface area (Å²) in [4.78, 5) is 11.5. The first-order valence-corrected chi connectivity index (χ1v) is 7.06. The molecule has 0 aliphatic carbocycles. The van der Waals surface area contributed by atoms with Crippen molar-refractivity contribution in [1.82, 2.24) is 0 Å². The first kappa shape index (κ1) is 16.3. The van der Waals surface area contributed by atoms with E-state index in [0.717, 1.165) is 0 Å². The van der Waals surface area contributed by atoms with Crippen LogP contribution in [-0.4, -0.2) is 17.6 Å². The average molecular weight is 324 g/mol. The van der Waals surface area contributed by atoms with Crippen LogP contribution in [-0.2, 0) is 6.42 Å². The van der Waals surface area contributed by atoms with Crippen molar-refractivity contribution in [2.24, 2.45) is 5.73 Å². The van der Waals surface area contributed by atoms with E-state index < -0.39 is 11.7 Å². The molecular formula is C16H15ClFNO3. The van der Waals surface area contributed by atoms with Gasteiger partial charge in [-0.3, -0.25) is 4.79 Å². The van der Waals surface area contributed by atoms with Gasteiger partial charge in [0.25, 0.3) is 0 Å². The lowest BCUT2D eigenvalue weighted by Gasteiger charge is -2.14. The number of para-hydroxylation sites is 1. The van der Waals surface area contributed by atoms with Crippen molar-refractivity contribution in [2.45, 2.75) is 12.8 Å². The van der Waals surface area contributed by atoms with E-state index in [2.05, 4.69) is 0 Å². The first-order chi connectivity index (χ1) is 10.5. The quantitative estimate of drug-likeness (QED) is 0.856. The Morgan fingerprint density at radius 3 is 2.59 bits per heavy atom. The van der Waals surface area contributed by atoms with Gasteiger partial charge in [-0.05, 0) is 36.6 Å². The Morgan fingerprint density at radius 1 is 1.32 bits per heavy atom. The Balaban J connectivity index is 2.50. The number of ether oxygens (including phenoxy) is 1. The van der Waals surface area contributed by atoms with E-state index >= 15 is 0 Å². The van der Waals surface area contributed by atoms with E-state index in [9.17, 15) is 9.18 Å². The summed E-state index contributed by atoms with van der Waals surface area (Å²) in [7, 11) is 0. The van der Waals surface area contributed by atoms with Gasteiger partial charge in [-0.15, -0.1) is 0 Å². The second kappa shape index (κ2) is 7.24. The van der Waals surface area contributed by atoms with Gasteiger partial charge in [-0.1, -0.05) is 29.8 Å². The number of nitrogens with two attached hydrogens (primary N) is 1. The number of rotatable bonds is 6. The van der Waals surface area contributed by atoms with Crippen LogP contribution in [0.4, 0.5) is 4.39 Å². The molecule has 0 radical (unpaired) electrons. The fourth-order valence-electron chi connectivity index (χ4n) is 1.99. The maximum absolute atomic E-state index is 14.5. The number of carbonyl (C=O) groups is 1. The zero-order valence-corrected chi connectivity index (χ0v) is 12.4. The van der Waals surface area contributed by atoms with Crippen LogP contribution in [0.2, 0.25) is 5.02 Å². The normalized spacial score (nSPS) is 10.5. The fraction of sp³-hybridized carbons (Fsp3) is 0.188. The van der Waals surface area contributed by atoms with Crippen molar-refractivity contribution >= 4 is 17.5 Å². The number of aliphatic hydroxyl groups is 1. The van der Waals surface area contributed by atoms with E-state index in [4.69, 9.17) is 27.2 Å². The van der Waals surface area contributed by atoms with Crippen LogP contribution in [0.3, 0.4) is 0 Å². The molecule has 0 heterocycles. The summed E-state index contributed by atoms with van der Waals surface area (Å²) in [5, 5.41) is 8.72.